The summed E-state index contributed by atoms with van der Waals surface area (Å²) in [5, 5.41) is 8.81. The van der Waals surface area contributed by atoms with Crippen LogP contribution >= 0.6 is 0 Å². The maximum atomic E-state index is 12.4. The predicted octanol–water partition coefficient (Wildman–Crippen LogP) is 1.65. The molecule has 1 aromatic heterocycles. The molecule has 7 nitrogen and oxygen atoms in total. The van der Waals surface area contributed by atoms with Crippen molar-refractivity contribution in [2.45, 2.75) is 37.3 Å². The molecule has 2 heterocycles. The van der Waals surface area contributed by atoms with Crippen LogP contribution in [0.2, 0.25) is 0 Å². The summed E-state index contributed by atoms with van der Waals surface area (Å²) in [5.41, 5.74) is 0.858. The topological polar surface area (TPSA) is 101 Å². The van der Waals surface area contributed by atoms with Crippen molar-refractivity contribution in [3.63, 3.8) is 0 Å². The van der Waals surface area contributed by atoms with Crippen molar-refractivity contribution >= 4 is 21.7 Å². The van der Waals surface area contributed by atoms with E-state index in [1.165, 1.54) is 6.07 Å². The molecule has 0 saturated heterocycles. The van der Waals surface area contributed by atoms with E-state index in [-0.39, 0.29) is 11.4 Å². The van der Waals surface area contributed by atoms with Crippen molar-refractivity contribution in [1.29, 1.82) is 0 Å². The average molecular weight is 335 g/mol. The molecule has 0 bridgehead atoms. The highest BCUT2D eigenvalue weighted by Gasteiger charge is 2.22. The Labute approximate surface area is 134 Å². The van der Waals surface area contributed by atoms with Gasteiger partial charge in [0.2, 0.25) is 0 Å². The van der Waals surface area contributed by atoms with Crippen LogP contribution in [0.1, 0.15) is 24.2 Å². The number of carbonyl (C=O) groups is 1. The smallest absolute Gasteiger partial charge is 0.307 e. The van der Waals surface area contributed by atoms with Crippen LogP contribution in [-0.2, 0) is 34.2 Å². The standard InChI is InChI=1S/C15H17N3O4S/c19-15(20)9-11-4-3-5-12(8-11)17-23(21,22)14-10-18-7-2-1-6-13(18)16-14/h3-5,8,10,17H,1-2,6-7,9H2,(H,19,20). The minimum Gasteiger partial charge on any atom is -0.481 e. The first-order valence-corrected chi connectivity index (χ1v) is 8.82. The number of hydrogen-bond acceptors (Lipinski definition) is 4. The van der Waals surface area contributed by atoms with Gasteiger partial charge in [-0.3, -0.25) is 9.52 Å². The number of aliphatic carboxylic acids is 1. The van der Waals surface area contributed by atoms with Crippen LogP contribution in [0.3, 0.4) is 0 Å². The van der Waals surface area contributed by atoms with Crippen molar-refractivity contribution in [2.24, 2.45) is 0 Å². The molecule has 0 fully saturated rings. The Balaban J connectivity index is 1.83. The number of benzene rings is 1. The van der Waals surface area contributed by atoms with Gasteiger partial charge >= 0.3 is 5.97 Å². The van der Waals surface area contributed by atoms with Gasteiger partial charge in [0.05, 0.1) is 6.42 Å². The fourth-order valence-electron chi connectivity index (χ4n) is 2.64. The van der Waals surface area contributed by atoms with Gasteiger partial charge in [0.15, 0.2) is 5.03 Å². The molecule has 23 heavy (non-hydrogen) atoms. The summed E-state index contributed by atoms with van der Waals surface area (Å²) in [6, 6.07) is 6.36. The zero-order chi connectivity index (χ0) is 16.4. The first-order valence-electron chi connectivity index (χ1n) is 7.34. The lowest BCUT2D eigenvalue weighted by Gasteiger charge is -2.11. The Morgan fingerprint density at radius 1 is 1.35 bits per heavy atom. The van der Waals surface area contributed by atoms with Crippen LogP contribution in [0.5, 0.6) is 0 Å². The van der Waals surface area contributed by atoms with Crippen molar-refractivity contribution in [2.75, 3.05) is 4.72 Å². The number of imidazole rings is 1. The van der Waals surface area contributed by atoms with E-state index < -0.39 is 16.0 Å². The summed E-state index contributed by atoms with van der Waals surface area (Å²) in [5.74, 6) is -0.178. The molecule has 0 saturated carbocycles. The molecule has 2 aromatic rings. The van der Waals surface area contributed by atoms with E-state index in [0.29, 0.717) is 11.3 Å². The number of anilines is 1. The highest BCUT2D eigenvalue weighted by molar-refractivity contribution is 7.92. The second-order valence-corrected chi connectivity index (χ2v) is 7.15. The first-order chi connectivity index (χ1) is 10.9. The number of nitrogens with zero attached hydrogens (tertiary/aromatic N) is 2. The number of nitrogens with one attached hydrogen (secondary N) is 1. The summed E-state index contributed by atoms with van der Waals surface area (Å²) in [7, 11) is -3.78. The number of sulfonamides is 1. The molecule has 1 aliphatic rings. The molecular weight excluding hydrogens is 318 g/mol. The van der Waals surface area contributed by atoms with Gasteiger partial charge in [-0.05, 0) is 30.5 Å². The molecule has 1 aromatic carbocycles. The lowest BCUT2D eigenvalue weighted by molar-refractivity contribution is -0.136. The van der Waals surface area contributed by atoms with Crippen molar-refractivity contribution < 1.29 is 18.3 Å². The van der Waals surface area contributed by atoms with Crippen LogP contribution in [0.15, 0.2) is 35.5 Å². The minimum atomic E-state index is -3.78. The summed E-state index contributed by atoms with van der Waals surface area (Å²) in [6.45, 7) is 0.784. The lowest BCUT2D eigenvalue weighted by Crippen LogP contribution is -2.13. The average Bonchev–Trinajstić information content (AvgIpc) is 2.91. The molecule has 1 aliphatic heterocycles. The summed E-state index contributed by atoms with van der Waals surface area (Å²) >= 11 is 0. The first kappa shape index (κ1) is 15.5. The largest absolute Gasteiger partial charge is 0.481 e. The Morgan fingerprint density at radius 3 is 2.91 bits per heavy atom. The molecule has 0 aliphatic carbocycles. The van der Waals surface area contributed by atoms with Gasteiger partial charge in [-0.1, -0.05) is 12.1 Å². The Kier molecular flexibility index (Phi) is 4.08. The van der Waals surface area contributed by atoms with E-state index in [2.05, 4.69) is 9.71 Å². The van der Waals surface area contributed by atoms with Gasteiger partial charge in [0, 0.05) is 24.8 Å². The van der Waals surface area contributed by atoms with E-state index in [1.807, 2.05) is 4.57 Å². The minimum absolute atomic E-state index is 0.00182. The van der Waals surface area contributed by atoms with Crippen LogP contribution in [0.4, 0.5) is 5.69 Å². The number of hydrogen-bond donors (Lipinski definition) is 2. The molecule has 8 heteroatoms. The molecule has 122 valence electrons. The molecule has 0 atom stereocenters. The highest BCUT2D eigenvalue weighted by atomic mass is 32.2. The van der Waals surface area contributed by atoms with E-state index in [4.69, 9.17) is 5.11 Å². The fourth-order valence-corrected chi connectivity index (χ4v) is 3.68. The fraction of sp³-hybridized carbons (Fsp3) is 0.333. The zero-order valence-corrected chi connectivity index (χ0v) is 13.2. The van der Waals surface area contributed by atoms with Crippen molar-refractivity contribution in [3.8, 4) is 0 Å². The highest BCUT2D eigenvalue weighted by Crippen LogP contribution is 2.20. The summed E-state index contributed by atoms with van der Waals surface area (Å²) in [4.78, 5) is 15.0. The van der Waals surface area contributed by atoms with Gasteiger partial charge in [-0.2, -0.15) is 8.42 Å². The summed E-state index contributed by atoms with van der Waals surface area (Å²) < 4.78 is 29.2. The molecular formula is C15H17N3O4S. The SMILES string of the molecule is O=C(O)Cc1cccc(NS(=O)(=O)c2cn3c(n2)CCCC3)c1. The van der Waals surface area contributed by atoms with Crippen LogP contribution in [0.25, 0.3) is 0 Å². The lowest BCUT2D eigenvalue weighted by atomic mass is 10.1. The second kappa shape index (κ2) is 6.04. The molecule has 0 unspecified atom stereocenters. The van der Waals surface area contributed by atoms with Crippen LogP contribution in [0, 0.1) is 0 Å². The van der Waals surface area contributed by atoms with E-state index in [0.717, 1.165) is 31.6 Å². The maximum absolute atomic E-state index is 12.4. The Hall–Kier alpha value is -2.35. The number of carboxylic acid groups (broad SMARTS) is 1. The third kappa shape index (κ3) is 3.53. The van der Waals surface area contributed by atoms with E-state index in [1.54, 1.807) is 24.4 Å². The van der Waals surface area contributed by atoms with Gasteiger partial charge < -0.3 is 9.67 Å². The monoisotopic (exact) mass is 335 g/mol. The van der Waals surface area contributed by atoms with Gasteiger partial charge in [0.25, 0.3) is 10.0 Å². The quantitative estimate of drug-likeness (QED) is 0.865. The third-order valence-electron chi connectivity index (χ3n) is 3.70. The molecule has 0 radical (unpaired) electrons. The van der Waals surface area contributed by atoms with Gasteiger partial charge in [-0.15, -0.1) is 0 Å². The third-order valence-corrected chi connectivity index (χ3v) is 4.95. The predicted molar refractivity (Wildman–Crippen MR) is 83.8 cm³/mol. The number of aromatic nitrogens is 2. The number of carboxylic acids is 1. The van der Waals surface area contributed by atoms with Gasteiger partial charge in [0.1, 0.15) is 5.82 Å². The molecule has 0 spiro atoms. The zero-order valence-electron chi connectivity index (χ0n) is 12.4. The van der Waals surface area contributed by atoms with Gasteiger partial charge in [-0.25, -0.2) is 4.98 Å². The second-order valence-electron chi connectivity index (χ2n) is 5.52. The molecule has 2 N–H and O–H groups in total. The normalized spacial score (nSPS) is 14.3. The van der Waals surface area contributed by atoms with Crippen LogP contribution < -0.4 is 4.72 Å². The molecule has 0 amide bonds. The number of rotatable bonds is 5. The van der Waals surface area contributed by atoms with Crippen molar-refractivity contribution in [3.05, 3.63) is 41.9 Å². The maximum Gasteiger partial charge on any atom is 0.307 e. The van der Waals surface area contributed by atoms with E-state index in [9.17, 15) is 13.2 Å². The summed E-state index contributed by atoms with van der Waals surface area (Å²) in [6.07, 6.45) is 4.21. The van der Waals surface area contributed by atoms with Crippen LogP contribution in [-0.4, -0.2) is 29.0 Å². The molecule has 3 rings (SSSR count). The Morgan fingerprint density at radius 2 is 2.17 bits per heavy atom. The number of fused-ring (bicyclic) bond motifs is 1. The van der Waals surface area contributed by atoms with Crippen molar-refractivity contribution in [1.82, 2.24) is 9.55 Å². The Bertz CT molecular complexity index is 819. The number of aryl methyl sites for hydroxylation is 2. The van der Waals surface area contributed by atoms with E-state index >= 15 is 0 Å².